The molecule has 1 rings (SSSR count). The molecular formula is C12H26N2O2S. The molecule has 4 nitrogen and oxygen atoms in total. The predicted molar refractivity (Wildman–Crippen MR) is 72.1 cm³/mol. The first-order valence-corrected chi connectivity index (χ1v) is 8.57. The van der Waals surface area contributed by atoms with Gasteiger partial charge in [-0.3, -0.25) is 0 Å². The van der Waals surface area contributed by atoms with Gasteiger partial charge in [-0.2, -0.15) is 0 Å². The molecule has 1 atom stereocenters. The number of hydrogen-bond acceptors (Lipinski definition) is 4. The van der Waals surface area contributed by atoms with Crippen molar-refractivity contribution in [3.05, 3.63) is 0 Å². The largest absolute Gasteiger partial charge is 0.315 e. The van der Waals surface area contributed by atoms with Crippen molar-refractivity contribution in [2.75, 3.05) is 39.0 Å². The van der Waals surface area contributed by atoms with Crippen LogP contribution in [0.3, 0.4) is 0 Å². The van der Waals surface area contributed by atoms with Crippen molar-refractivity contribution in [2.45, 2.75) is 37.9 Å². The molecule has 102 valence electrons. The topological polar surface area (TPSA) is 49.4 Å². The first-order chi connectivity index (χ1) is 8.00. The van der Waals surface area contributed by atoms with E-state index in [1.54, 1.807) is 6.92 Å². The SMILES string of the molecule is CC(CNCCCN1CCCCC1)S(C)(=O)=O. The second-order valence-corrected chi connectivity index (χ2v) is 7.56. The van der Waals surface area contributed by atoms with E-state index < -0.39 is 9.84 Å². The molecule has 1 unspecified atom stereocenters. The van der Waals surface area contributed by atoms with Crippen LogP contribution in [0.25, 0.3) is 0 Å². The molecule has 1 heterocycles. The van der Waals surface area contributed by atoms with E-state index in [4.69, 9.17) is 0 Å². The second kappa shape index (κ2) is 7.34. The molecule has 0 amide bonds. The fourth-order valence-corrected chi connectivity index (χ4v) is 2.49. The van der Waals surface area contributed by atoms with E-state index in [0.29, 0.717) is 6.54 Å². The zero-order chi connectivity index (χ0) is 12.7. The molecule has 17 heavy (non-hydrogen) atoms. The third kappa shape index (κ3) is 6.38. The molecule has 0 aromatic rings. The Labute approximate surface area is 106 Å². The fraction of sp³-hybridized carbons (Fsp3) is 1.00. The van der Waals surface area contributed by atoms with Crippen LogP contribution in [0.15, 0.2) is 0 Å². The summed E-state index contributed by atoms with van der Waals surface area (Å²) in [5, 5.41) is 2.95. The van der Waals surface area contributed by atoms with Gasteiger partial charge in [-0.25, -0.2) is 8.42 Å². The van der Waals surface area contributed by atoms with Crippen molar-refractivity contribution in [2.24, 2.45) is 0 Å². The lowest BCUT2D eigenvalue weighted by Gasteiger charge is -2.26. The van der Waals surface area contributed by atoms with Crippen LogP contribution < -0.4 is 5.32 Å². The standard InChI is InChI=1S/C12H26N2O2S/c1-12(17(2,15)16)11-13-7-6-10-14-8-4-3-5-9-14/h12-13H,3-11H2,1-2H3. The maximum absolute atomic E-state index is 11.2. The molecule has 0 spiro atoms. The number of sulfone groups is 1. The van der Waals surface area contributed by atoms with Gasteiger partial charge in [-0.1, -0.05) is 6.42 Å². The van der Waals surface area contributed by atoms with Gasteiger partial charge in [0, 0.05) is 12.8 Å². The number of piperidine rings is 1. The molecule has 1 fully saturated rings. The summed E-state index contributed by atoms with van der Waals surface area (Å²) in [5.41, 5.74) is 0. The third-order valence-electron chi connectivity index (χ3n) is 3.44. The van der Waals surface area contributed by atoms with E-state index in [0.717, 1.165) is 19.5 Å². The van der Waals surface area contributed by atoms with E-state index in [2.05, 4.69) is 10.2 Å². The first kappa shape index (κ1) is 14.9. The Morgan fingerprint density at radius 3 is 2.47 bits per heavy atom. The van der Waals surface area contributed by atoms with Crippen LogP contribution in [0.4, 0.5) is 0 Å². The number of nitrogens with one attached hydrogen (secondary N) is 1. The van der Waals surface area contributed by atoms with Gasteiger partial charge in [0.2, 0.25) is 0 Å². The highest BCUT2D eigenvalue weighted by atomic mass is 32.2. The summed E-state index contributed by atoms with van der Waals surface area (Å²) in [6.45, 7) is 6.85. The Balaban J connectivity index is 2.00. The second-order valence-electron chi connectivity index (χ2n) is 5.10. The molecule has 1 aliphatic rings. The molecule has 1 N–H and O–H groups in total. The van der Waals surface area contributed by atoms with E-state index in [9.17, 15) is 8.42 Å². The average molecular weight is 262 g/mol. The summed E-state index contributed by atoms with van der Waals surface area (Å²) in [6, 6.07) is 0. The van der Waals surface area contributed by atoms with Crippen molar-refractivity contribution in [3.63, 3.8) is 0 Å². The lowest BCUT2D eigenvalue weighted by atomic mass is 10.1. The van der Waals surface area contributed by atoms with Gasteiger partial charge in [0.1, 0.15) is 0 Å². The molecule has 5 heteroatoms. The maximum atomic E-state index is 11.2. The van der Waals surface area contributed by atoms with Gasteiger partial charge in [0.25, 0.3) is 0 Å². The number of hydrogen-bond donors (Lipinski definition) is 1. The van der Waals surface area contributed by atoms with Crippen LogP contribution in [0.5, 0.6) is 0 Å². The maximum Gasteiger partial charge on any atom is 0.151 e. The van der Waals surface area contributed by atoms with Crippen molar-refractivity contribution in [1.82, 2.24) is 10.2 Å². The Hall–Kier alpha value is -0.130. The van der Waals surface area contributed by atoms with Gasteiger partial charge >= 0.3 is 0 Å². The summed E-state index contributed by atoms with van der Waals surface area (Å²) in [7, 11) is -2.88. The number of likely N-dealkylation sites (tertiary alicyclic amines) is 1. The van der Waals surface area contributed by atoms with E-state index in [1.807, 2.05) is 0 Å². The average Bonchev–Trinajstić information content (AvgIpc) is 2.28. The van der Waals surface area contributed by atoms with Crippen LogP contribution in [0.1, 0.15) is 32.6 Å². The minimum absolute atomic E-state index is 0.280. The highest BCUT2D eigenvalue weighted by Crippen LogP contribution is 2.08. The van der Waals surface area contributed by atoms with E-state index in [-0.39, 0.29) is 5.25 Å². The summed E-state index contributed by atoms with van der Waals surface area (Å²) < 4.78 is 22.4. The molecule has 1 aliphatic heterocycles. The monoisotopic (exact) mass is 262 g/mol. The molecule has 0 bridgehead atoms. The van der Waals surface area contributed by atoms with Crippen molar-refractivity contribution in [3.8, 4) is 0 Å². The quantitative estimate of drug-likeness (QED) is 0.692. The van der Waals surface area contributed by atoms with Crippen LogP contribution in [0.2, 0.25) is 0 Å². The van der Waals surface area contributed by atoms with Crippen LogP contribution in [0, 0.1) is 0 Å². The zero-order valence-corrected chi connectivity index (χ0v) is 11.9. The van der Waals surface area contributed by atoms with Crippen LogP contribution in [-0.4, -0.2) is 57.5 Å². The molecule has 1 saturated heterocycles. The first-order valence-electron chi connectivity index (χ1n) is 6.62. The van der Waals surface area contributed by atoms with Gasteiger partial charge in [-0.05, 0) is 52.4 Å². The molecule has 0 aliphatic carbocycles. The van der Waals surface area contributed by atoms with E-state index >= 15 is 0 Å². The number of nitrogens with zero attached hydrogens (tertiary/aromatic N) is 1. The van der Waals surface area contributed by atoms with Crippen molar-refractivity contribution >= 4 is 9.84 Å². The smallest absolute Gasteiger partial charge is 0.151 e. The van der Waals surface area contributed by atoms with Gasteiger partial charge < -0.3 is 10.2 Å². The Kier molecular flexibility index (Phi) is 6.44. The predicted octanol–water partition coefficient (Wildman–Crippen LogP) is 0.885. The third-order valence-corrected chi connectivity index (χ3v) is 5.07. The Bertz CT molecular complexity index is 298. The minimum Gasteiger partial charge on any atom is -0.315 e. The van der Waals surface area contributed by atoms with Crippen molar-refractivity contribution in [1.29, 1.82) is 0 Å². The summed E-state index contributed by atoms with van der Waals surface area (Å²) in [4.78, 5) is 2.51. The number of rotatable bonds is 7. The molecular weight excluding hydrogens is 236 g/mol. The summed E-state index contributed by atoms with van der Waals surface area (Å²) >= 11 is 0. The van der Waals surface area contributed by atoms with E-state index in [1.165, 1.54) is 38.6 Å². The summed E-state index contributed by atoms with van der Waals surface area (Å²) in [6.07, 6.45) is 6.45. The highest BCUT2D eigenvalue weighted by molar-refractivity contribution is 7.91. The lowest BCUT2D eigenvalue weighted by Crippen LogP contribution is -2.34. The Morgan fingerprint density at radius 2 is 1.88 bits per heavy atom. The van der Waals surface area contributed by atoms with Gasteiger partial charge in [0.15, 0.2) is 9.84 Å². The van der Waals surface area contributed by atoms with Gasteiger partial charge in [0.05, 0.1) is 5.25 Å². The summed E-state index contributed by atoms with van der Waals surface area (Å²) in [5.74, 6) is 0. The van der Waals surface area contributed by atoms with Gasteiger partial charge in [-0.15, -0.1) is 0 Å². The highest BCUT2D eigenvalue weighted by Gasteiger charge is 2.13. The normalized spacial score (nSPS) is 20.4. The molecule has 0 aromatic heterocycles. The fourth-order valence-electron chi connectivity index (χ4n) is 2.07. The molecule has 0 saturated carbocycles. The zero-order valence-electron chi connectivity index (χ0n) is 11.1. The Morgan fingerprint density at radius 1 is 1.24 bits per heavy atom. The molecule has 0 radical (unpaired) electrons. The molecule has 0 aromatic carbocycles. The van der Waals surface area contributed by atoms with Crippen LogP contribution in [-0.2, 0) is 9.84 Å². The van der Waals surface area contributed by atoms with Crippen LogP contribution >= 0.6 is 0 Å². The minimum atomic E-state index is -2.88. The lowest BCUT2D eigenvalue weighted by molar-refractivity contribution is 0.226. The van der Waals surface area contributed by atoms with Crippen molar-refractivity contribution < 1.29 is 8.42 Å².